The molecule has 0 atom stereocenters. The van der Waals surface area contributed by atoms with Crippen molar-refractivity contribution in [1.29, 1.82) is 0 Å². The quantitative estimate of drug-likeness (QED) is 0.692. The Bertz CT molecular complexity index is 763. The molecule has 0 bridgehead atoms. The fourth-order valence-electron chi connectivity index (χ4n) is 2.07. The summed E-state index contributed by atoms with van der Waals surface area (Å²) in [5.41, 5.74) is 2.25. The fraction of sp³-hybridized carbons (Fsp3) is 0.375. The highest BCUT2D eigenvalue weighted by Crippen LogP contribution is 2.23. The number of benzene rings is 1. The molecule has 0 spiro atoms. The molecule has 6 nitrogen and oxygen atoms in total. The van der Waals surface area contributed by atoms with Gasteiger partial charge in [-0.15, -0.1) is 5.10 Å². The summed E-state index contributed by atoms with van der Waals surface area (Å²) in [6, 6.07) is 8.26. The van der Waals surface area contributed by atoms with E-state index in [1.807, 2.05) is 19.1 Å². The van der Waals surface area contributed by atoms with Gasteiger partial charge < -0.3 is 4.52 Å². The molecule has 0 aliphatic heterocycles. The maximum Gasteiger partial charge on any atom is 0.237 e. The van der Waals surface area contributed by atoms with E-state index in [1.54, 1.807) is 0 Å². The Morgan fingerprint density at radius 1 is 1.17 bits per heavy atom. The van der Waals surface area contributed by atoms with E-state index in [-0.39, 0.29) is 0 Å². The SMILES string of the molecule is CCc1nc(SCc2nc(-c3ccc(C(C)C)cc3)no2)n[nH]1. The Kier molecular flexibility index (Phi) is 4.76. The molecule has 1 N–H and O–H groups in total. The molecule has 1 aromatic carbocycles. The Morgan fingerprint density at radius 2 is 1.96 bits per heavy atom. The standard InChI is InChI=1S/C16H19N5OS/c1-4-13-17-16(20-19-13)23-9-14-18-15(21-22-14)12-7-5-11(6-8-12)10(2)3/h5-8,10H,4,9H2,1-3H3,(H,17,19,20). The molecule has 23 heavy (non-hydrogen) atoms. The monoisotopic (exact) mass is 329 g/mol. The summed E-state index contributed by atoms with van der Waals surface area (Å²) < 4.78 is 5.30. The number of rotatable bonds is 6. The number of nitrogens with one attached hydrogen (secondary N) is 1. The molecule has 0 saturated heterocycles. The third-order valence-corrected chi connectivity index (χ3v) is 4.31. The molecule has 0 aliphatic rings. The van der Waals surface area contributed by atoms with Crippen LogP contribution in [-0.2, 0) is 12.2 Å². The largest absolute Gasteiger partial charge is 0.338 e. The average molecular weight is 329 g/mol. The summed E-state index contributed by atoms with van der Waals surface area (Å²) in [6.07, 6.45) is 0.838. The molecular formula is C16H19N5OS. The van der Waals surface area contributed by atoms with Gasteiger partial charge in [0.15, 0.2) is 0 Å². The van der Waals surface area contributed by atoms with Gasteiger partial charge in [-0.1, -0.05) is 62.0 Å². The van der Waals surface area contributed by atoms with Gasteiger partial charge in [-0.25, -0.2) is 4.98 Å². The zero-order valence-corrected chi connectivity index (χ0v) is 14.2. The molecule has 3 rings (SSSR count). The van der Waals surface area contributed by atoms with Crippen LogP contribution >= 0.6 is 11.8 Å². The first-order chi connectivity index (χ1) is 11.2. The second-order valence-electron chi connectivity index (χ2n) is 5.50. The summed E-state index contributed by atoms with van der Waals surface area (Å²) in [7, 11) is 0. The molecule has 2 heterocycles. The second-order valence-corrected chi connectivity index (χ2v) is 6.44. The number of hydrogen-bond donors (Lipinski definition) is 1. The minimum Gasteiger partial charge on any atom is -0.338 e. The molecule has 0 saturated carbocycles. The number of H-pyrrole nitrogens is 1. The molecule has 0 unspecified atom stereocenters. The van der Waals surface area contributed by atoms with E-state index >= 15 is 0 Å². The molecule has 0 aliphatic carbocycles. The van der Waals surface area contributed by atoms with Gasteiger partial charge in [0.05, 0.1) is 5.75 Å². The van der Waals surface area contributed by atoms with Crippen LogP contribution < -0.4 is 0 Å². The predicted molar refractivity (Wildman–Crippen MR) is 89.1 cm³/mol. The summed E-state index contributed by atoms with van der Waals surface area (Å²) in [5.74, 6) is 3.12. The molecular weight excluding hydrogens is 310 g/mol. The van der Waals surface area contributed by atoms with E-state index in [1.165, 1.54) is 17.3 Å². The van der Waals surface area contributed by atoms with Crippen LogP contribution in [0.1, 0.15) is 44.0 Å². The number of hydrogen-bond acceptors (Lipinski definition) is 6. The van der Waals surface area contributed by atoms with Crippen molar-refractivity contribution >= 4 is 11.8 Å². The van der Waals surface area contributed by atoms with Gasteiger partial charge in [-0.05, 0) is 11.5 Å². The lowest BCUT2D eigenvalue weighted by atomic mass is 10.0. The van der Waals surface area contributed by atoms with Gasteiger partial charge in [-0.2, -0.15) is 4.98 Å². The summed E-state index contributed by atoms with van der Waals surface area (Å²) >= 11 is 1.47. The minimum atomic E-state index is 0.510. The zero-order chi connectivity index (χ0) is 16.2. The third-order valence-electron chi connectivity index (χ3n) is 3.47. The van der Waals surface area contributed by atoms with Crippen LogP contribution in [0.15, 0.2) is 33.9 Å². The molecule has 0 amide bonds. The number of aromatic amines is 1. The van der Waals surface area contributed by atoms with Crippen LogP contribution in [0.3, 0.4) is 0 Å². The summed E-state index contributed by atoms with van der Waals surface area (Å²) in [4.78, 5) is 8.77. The van der Waals surface area contributed by atoms with Gasteiger partial charge in [0, 0.05) is 12.0 Å². The first-order valence-corrected chi connectivity index (χ1v) is 8.61. The molecule has 3 aromatic rings. The zero-order valence-electron chi connectivity index (χ0n) is 13.4. The highest BCUT2D eigenvalue weighted by atomic mass is 32.2. The maximum atomic E-state index is 5.30. The summed E-state index contributed by atoms with van der Waals surface area (Å²) in [6.45, 7) is 6.38. The van der Waals surface area contributed by atoms with Gasteiger partial charge in [-0.3, -0.25) is 5.10 Å². The molecule has 2 aromatic heterocycles. The summed E-state index contributed by atoms with van der Waals surface area (Å²) in [5, 5.41) is 11.8. The number of aryl methyl sites for hydroxylation is 1. The predicted octanol–water partition coefficient (Wildman–Crippen LogP) is 3.83. The lowest BCUT2D eigenvalue weighted by molar-refractivity contribution is 0.391. The van der Waals surface area contributed by atoms with Crippen LogP contribution in [0.4, 0.5) is 0 Å². The van der Waals surface area contributed by atoms with Crippen molar-refractivity contribution in [3.63, 3.8) is 0 Å². The van der Waals surface area contributed by atoms with Crippen molar-refractivity contribution in [2.45, 2.75) is 44.0 Å². The van der Waals surface area contributed by atoms with Crippen LogP contribution in [-0.4, -0.2) is 25.3 Å². The first-order valence-electron chi connectivity index (χ1n) is 7.62. The van der Waals surface area contributed by atoms with E-state index in [0.717, 1.165) is 17.8 Å². The van der Waals surface area contributed by atoms with E-state index in [9.17, 15) is 0 Å². The van der Waals surface area contributed by atoms with E-state index in [4.69, 9.17) is 4.52 Å². The van der Waals surface area contributed by atoms with Gasteiger partial charge in [0.1, 0.15) is 5.82 Å². The molecule has 0 radical (unpaired) electrons. The number of aromatic nitrogens is 5. The van der Waals surface area contributed by atoms with Crippen molar-refractivity contribution in [2.24, 2.45) is 0 Å². The van der Waals surface area contributed by atoms with Crippen LogP contribution in [0.5, 0.6) is 0 Å². The van der Waals surface area contributed by atoms with Crippen molar-refractivity contribution in [3.8, 4) is 11.4 Å². The Morgan fingerprint density at radius 3 is 2.61 bits per heavy atom. The molecule has 120 valence electrons. The first kappa shape index (κ1) is 15.7. The fourth-order valence-corrected chi connectivity index (χ4v) is 2.73. The molecule has 7 heteroatoms. The third kappa shape index (κ3) is 3.79. The van der Waals surface area contributed by atoms with Crippen molar-refractivity contribution < 1.29 is 4.52 Å². The lowest BCUT2D eigenvalue weighted by Crippen LogP contribution is -1.88. The Labute approximate surface area is 139 Å². The minimum absolute atomic E-state index is 0.510. The topological polar surface area (TPSA) is 80.5 Å². The number of thioether (sulfide) groups is 1. The highest BCUT2D eigenvalue weighted by molar-refractivity contribution is 7.98. The van der Waals surface area contributed by atoms with Crippen molar-refractivity contribution in [1.82, 2.24) is 25.3 Å². The second kappa shape index (κ2) is 6.95. The number of nitrogens with zero attached hydrogens (tertiary/aromatic N) is 4. The van der Waals surface area contributed by atoms with Crippen molar-refractivity contribution in [2.75, 3.05) is 0 Å². The normalized spacial score (nSPS) is 11.3. The Balaban J connectivity index is 1.65. The lowest BCUT2D eigenvalue weighted by Gasteiger charge is -2.04. The van der Waals surface area contributed by atoms with Crippen molar-refractivity contribution in [3.05, 3.63) is 41.5 Å². The van der Waals surface area contributed by atoms with Crippen LogP contribution in [0.2, 0.25) is 0 Å². The smallest absolute Gasteiger partial charge is 0.237 e. The van der Waals surface area contributed by atoms with E-state index in [0.29, 0.717) is 28.5 Å². The van der Waals surface area contributed by atoms with Gasteiger partial charge in [0.25, 0.3) is 0 Å². The Hall–Kier alpha value is -2.15. The molecule has 0 fully saturated rings. The average Bonchev–Trinajstić information content (AvgIpc) is 3.22. The van der Waals surface area contributed by atoms with E-state index < -0.39 is 0 Å². The highest BCUT2D eigenvalue weighted by Gasteiger charge is 2.11. The maximum absolute atomic E-state index is 5.30. The van der Waals surface area contributed by atoms with Crippen LogP contribution in [0, 0.1) is 0 Å². The van der Waals surface area contributed by atoms with Gasteiger partial charge >= 0.3 is 0 Å². The van der Waals surface area contributed by atoms with Gasteiger partial charge in [0.2, 0.25) is 16.9 Å². The van der Waals surface area contributed by atoms with Crippen LogP contribution in [0.25, 0.3) is 11.4 Å². The van der Waals surface area contributed by atoms with E-state index in [2.05, 4.69) is 51.3 Å².